The molecule has 46 heavy (non-hydrogen) atoms. The lowest BCUT2D eigenvalue weighted by Crippen LogP contribution is -2.48. The number of halogens is 4. The predicted molar refractivity (Wildman–Crippen MR) is 159 cm³/mol. The molecule has 0 unspecified atom stereocenters. The van der Waals surface area contributed by atoms with Crippen LogP contribution in [0.2, 0.25) is 0 Å². The maximum Gasteiger partial charge on any atom is 0.416 e. The number of carboxylic acids is 1. The summed E-state index contributed by atoms with van der Waals surface area (Å²) in [5, 5.41) is 9.54. The van der Waals surface area contributed by atoms with Crippen molar-refractivity contribution in [1.82, 2.24) is 19.4 Å². The highest BCUT2D eigenvalue weighted by Gasteiger charge is 2.34. The van der Waals surface area contributed by atoms with E-state index in [0.717, 1.165) is 30.4 Å². The summed E-state index contributed by atoms with van der Waals surface area (Å²) >= 11 is 0. The number of aromatic nitrogens is 3. The van der Waals surface area contributed by atoms with Gasteiger partial charge in [0.1, 0.15) is 24.1 Å². The lowest BCUT2D eigenvalue weighted by molar-refractivity contribution is -0.137. The van der Waals surface area contributed by atoms with Gasteiger partial charge in [-0.05, 0) is 43.7 Å². The van der Waals surface area contributed by atoms with Crippen LogP contribution < -0.4 is 9.64 Å². The molecule has 0 aliphatic carbocycles. The van der Waals surface area contributed by atoms with Crippen molar-refractivity contribution < 1.29 is 36.9 Å². The van der Waals surface area contributed by atoms with E-state index in [1.165, 1.54) is 18.2 Å². The maximum atomic E-state index is 14.3. The normalized spacial score (nSPS) is 17.8. The van der Waals surface area contributed by atoms with Gasteiger partial charge in [0.2, 0.25) is 5.88 Å². The largest absolute Gasteiger partial charge is 0.478 e. The van der Waals surface area contributed by atoms with E-state index in [4.69, 9.17) is 21.0 Å². The van der Waals surface area contributed by atoms with Crippen molar-refractivity contribution in [3.05, 3.63) is 88.3 Å². The van der Waals surface area contributed by atoms with Crippen molar-refractivity contribution in [2.24, 2.45) is 0 Å². The number of carbonyl (C=O) groups is 1. The van der Waals surface area contributed by atoms with Gasteiger partial charge in [-0.1, -0.05) is 12.1 Å². The SMILES string of the molecule is [C-]#[N+]c1ccc(COc2cc(C(F)(F)F)cc(N3CCN([C@@H](C)c4nc5ccc(C(=O)O)cc5n4C[C@@H]4CCO4)CC3)n2)c(F)c1. The number of anilines is 1. The van der Waals surface area contributed by atoms with Gasteiger partial charge in [0, 0.05) is 44.4 Å². The zero-order chi connectivity index (χ0) is 32.6. The second kappa shape index (κ2) is 12.6. The zero-order valence-corrected chi connectivity index (χ0v) is 24.8. The molecule has 240 valence electrons. The Labute approximate surface area is 261 Å². The minimum absolute atomic E-state index is 0.00619. The van der Waals surface area contributed by atoms with Gasteiger partial charge >= 0.3 is 12.1 Å². The quantitative estimate of drug-likeness (QED) is 0.174. The van der Waals surface area contributed by atoms with Crippen LogP contribution >= 0.6 is 0 Å². The lowest BCUT2D eigenvalue weighted by Gasteiger charge is -2.39. The fourth-order valence-electron chi connectivity index (χ4n) is 5.68. The van der Waals surface area contributed by atoms with Crippen LogP contribution in [0, 0.1) is 12.4 Å². The van der Waals surface area contributed by atoms with Crippen molar-refractivity contribution in [2.45, 2.75) is 44.8 Å². The number of pyridine rings is 1. The van der Waals surface area contributed by atoms with Crippen LogP contribution in [0.1, 0.15) is 46.7 Å². The summed E-state index contributed by atoms with van der Waals surface area (Å²) in [5.74, 6) is -1.16. The monoisotopic (exact) mass is 638 g/mol. The van der Waals surface area contributed by atoms with Gasteiger partial charge in [0.05, 0.1) is 47.4 Å². The fraction of sp³-hybridized carbons (Fsp3) is 0.375. The van der Waals surface area contributed by atoms with E-state index >= 15 is 0 Å². The number of hydrogen-bond acceptors (Lipinski definition) is 7. The molecule has 4 aromatic rings. The summed E-state index contributed by atoms with van der Waals surface area (Å²) in [6.07, 6.45) is -3.76. The summed E-state index contributed by atoms with van der Waals surface area (Å²) in [6, 6.07) is 10.2. The Hall–Kier alpha value is -4.74. The number of benzene rings is 2. The third-order valence-corrected chi connectivity index (χ3v) is 8.42. The van der Waals surface area contributed by atoms with E-state index in [0.29, 0.717) is 50.4 Å². The van der Waals surface area contributed by atoms with E-state index in [1.807, 2.05) is 11.5 Å². The summed E-state index contributed by atoms with van der Waals surface area (Å²) in [5.41, 5.74) is 0.804. The van der Waals surface area contributed by atoms with Crippen LogP contribution in [0.3, 0.4) is 0 Å². The van der Waals surface area contributed by atoms with E-state index < -0.39 is 23.5 Å². The van der Waals surface area contributed by atoms with E-state index in [1.54, 1.807) is 17.0 Å². The number of piperazine rings is 1. The first-order chi connectivity index (χ1) is 22.0. The number of imidazole rings is 1. The Kier molecular flexibility index (Phi) is 8.54. The minimum atomic E-state index is -4.65. The van der Waals surface area contributed by atoms with Crippen molar-refractivity contribution in [1.29, 1.82) is 0 Å². The van der Waals surface area contributed by atoms with E-state index in [2.05, 4.69) is 14.7 Å². The molecular weight excluding hydrogens is 608 g/mol. The first-order valence-electron chi connectivity index (χ1n) is 14.7. The Morgan fingerprint density at radius 3 is 2.52 bits per heavy atom. The molecule has 2 saturated heterocycles. The number of ether oxygens (including phenoxy) is 2. The molecule has 2 aromatic carbocycles. The van der Waals surface area contributed by atoms with Gasteiger partial charge in [-0.3, -0.25) is 4.90 Å². The van der Waals surface area contributed by atoms with Gasteiger partial charge in [-0.2, -0.15) is 18.2 Å². The van der Waals surface area contributed by atoms with Gasteiger partial charge in [-0.25, -0.2) is 19.0 Å². The van der Waals surface area contributed by atoms with Crippen LogP contribution in [0.25, 0.3) is 15.9 Å². The van der Waals surface area contributed by atoms with Crippen LogP contribution in [-0.4, -0.2) is 69.4 Å². The Bertz CT molecular complexity index is 1810. The predicted octanol–water partition coefficient (Wildman–Crippen LogP) is 6.09. The fourth-order valence-corrected chi connectivity index (χ4v) is 5.68. The number of rotatable bonds is 9. The highest BCUT2D eigenvalue weighted by atomic mass is 19.4. The number of aromatic carboxylic acids is 1. The van der Waals surface area contributed by atoms with Crippen molar-refractivity contribution in [3.8, 4) is 5.88 Å². The molecule has 2 atom stereocenters. The van der Waals surface area contributed by atoms with Crippen molar-refractivity contribution in [3.63, 3.8) is 0 Å². The maximum absolute atomic E-state index is 14.3. The molecule has 0 radical (unpaired) electrons. The average Bonchev–Trinajstić information content (AvgIpc) is 3.38. The number of nitrogens with zero attached hydrogens (tertiary/aromatic N) is 6. The molecule has 1 N–H and O–H groups in total. The molecule has 10 nitrogen and oxygen atoms in total. The number of hydrogen-bond donors (Lipinski definition) is 1. The molecule has 4 heterocycles. The lowest BCUT2D eigenvalue weighted by atomic mass is 10.1. The summed E-state index contributed by atoms with van der Waals surface area (Å²) in [7, 11) is 0. The highest BCUT2D eigenvalue weighted by Crippen LogP contribution is 2.35. The standard InChI is InChI=1S/C32H30F4N6O4/c1-19(30-38-26-6-4-20(31(43)44)13-27(26)42(30)17-24-7-12-45-24)40-8-10-41(11-9-40)28-14-22(32(34,35)36)15-29(39-28)46-18-21-3-5-23(37-2)16-25(21)33/h3-6,13-16,19,24H,7-12,17-18H2,1H3,(H,43,44)/t19-,24-/m0/s1. The Morgan fingerprint density at radius 1 is 1.13 bits per heavy atom. The molecular formula is C32H30F4N6O4. The highest BCUT2D eigenvalue weighted by molar-refractivity contribution is 5.92. The van der Waals surface area contributed by atoms with Crippen molar-refractivity contribution in [2.75, 3.05) is 37.7 Å². The summed E-state index contributed by atoms with van der Waals surface area (Å²) < 4.78 is 69.1. The van der Waals surface area contributed by atoms with E-state index in [-0.39, 0.29) is 47.3 Å². The molecule has 0 spiro atoms. The van der Waals surface area contributed by atoms with Gasteiger partial charge in [-0.15, -0.1) is 0 Å². The first-order valence-corrected chi connectivity index (χ1v) is 14.7. The second-order valence-electron chi connectivity index (χ2n) is 11.3. The number of fused-ring (bicyclic) bond motifs is 1. The summed E-state index contributed by atoms with van der Waals surface area (Å²) in [6.45, 7) is 11.6. The zero-order valence-electron chi connectivity index (χ0n) is 24.8. The van der Waals surface area contributed by atoms with Crippen LogP contribution in [0.5, 0.6) is 5.88 Å². The molecule has 6 rings (SSSR count). The van der Waals surface area contributed by atoms with Gasteiger partial charge in [0.15, 0.2) is 5.69 Å². The first kappa shape index (κ1) is 31.3. The van der Waals surface area contributed by atoms with Crippen molar-refractivity contribution >= 4 is 28.5 Å². The number of carboxylic acid groups (broad SMARTS) is 1. The van der Waals surface area contributed by atoms with Crippen LogP contribution in [0.15, 0.2) is 48.5 Å². The topological polar surface area (TPSA) is 97.3 Å². The summed E-state index contributed by atoms with van der Waals surface area (Å²) in [4.78, 5) is 27.9. The van der Waals surface area contributed by atoms with E-state index in [9.17, 15) is 27.5 Å². The Morgan fingerprint density at radius 2 is 1.89 bits per heavy atom. The number of alkyl halides is 3. The molecule has 2 aliphatic heterocycles. The second-order valence-corrected chi connectivity index (χ2v) is 11.3. The molecule has 14 heteroatoms. The van der Waals surface area contributed by atoms with Crippen LogP contribution in [0.4, 0.5) is 29.1 Å². The Balaban J connectivity index is 1.20. The minimum Gasteiger partial charge on any atom is -0.478 e. The molecule has 2 aromatic heterocycles. The van der Waals surface area contributed by atoms with Gasteiger partial charge in [0.25, 0.3) is 0 Å². The van der Waals surface area contributed by atoms with Crippen LogP contribution in [-0.2, 0) is 24.1 Å². The average molecular weight is 639 g/mol. The molecule has 0 saturated carbocycles. The molecule has 0 bridgehead atoms. The van der Waals surface area contributed by atoms with Gasteiger partial charge < -0.3 is 24.0 Å². The third kappa shape index (κ3) is 6.47. The molecule has 2 fully saturated rings. The molecule has 0 amide bonds. The third-order valence-electron chi connectivity index (χ3n) is 8.42. The molecule has 2 aliphatic rings. The smallest absolute Gasteiger partial charge is 0.416 e.